The van der Waals surface area contributed by atoms with Crippen molar-refractivity contribution in [3.05, 3.63) is 88.9 Å². The highest BCUT2D eigenvalue weighted by Gasteiger charge is 2.17. The summed E-state index contributed by atoms with van der Waals surface area (Å²) < 4.78 is 2.90. The van der Waals surface area contributed by atoms with E-state index in [0.29, 0.717) is 16.7 Å². The van der Waals surface area contributed by atoms with E-state index in [0.717, 1.165) is 21.3 Å². The molecule has 0 radical (unpaired) electrons. The van der Waals surface area contributed by atoms with E-state index in [1.165, 1.54) is 11.8 Å². The predicted molar refractivity (Wildman–Crippen MR) is 134 cm³/mol. The Bertz CT molecular complexity index is 1290. The number of halogens is 1. The highest BCUT2D eigenvalue weighted by molar-refractivity contribution is 9.10. The lowest BCUT2D eigenvalue weighted by molar-refractivity contribution is -0.118. The number of aromatic nitrogens is 3. The first kappa shape index (κ1) is 22.8. The van der Waals surface area contributed by atoms with Gasteiger partial charge in [-0.15, -0.1) is 10.2 Å². The molecule has 1 aromatic heterocycles. The minimum atomic E-state index is -0.272. The van der Waals surface area contributed by atoms with Crippen LogP contribution in [0.25, 0.3) is 17.1 Å². The first-order valence-corrected chi connectivity index (χ1v) is 11.8. The molecule has 0 saturated heterocycles. The Balaban J connectivity index is 1.52. The Morgan fingerprint density at radius 3 is 2.55 bits per heavy atom. The fraction of sp³-hybridized carbons (Fsp3) is 0.0833. The molecule has 33 heavy (non-hydrogen) atoms. The monoisotopic (exact) mass is 521 g/mol. The lowest BCUT2D eigenvalue weighted by Crippen LogP contribution is -2.21. The molecule has 166 valence electrons. The summed E-state index contributed by atoms with van der Waals surface area (Å²) >= 11 is 4.74. The standard InChI is InChI=1S/C24H20BrN5O2S/c1-16(18-8-5-9-21(31)14-18)26-27-22(32)15-33-24-29-28-23(17-6-3-2-4-7-17)30(24)20-12-10-19(25)11-13-20/h2-14,31H,15H2,1H3,(H,27,32). The summed E-state index contributed by atoms with van der Waals surface area (Å²) in [6.07, 6.45) is 0. The zero-order valence-electron chi connectivity index (χ0n) is 17.6. The first-order chi connectivity index (χ1) is 16.0. The molecule has 2 N–H and O–H groups in total. The highest BCUT2D eigenvalue weighted by atomic mass is 79.9. The molecule has 9 heteroatoms. The number of benzene rings is 3. The molecule has 0 aliphatic carbocycles. The number of hydrogen-bond donors (Lipinski definition) is 2. The summed E-state index contributed by atoms with van der Waals surface area (Å²) in [4.78, 5) is 12.4. The molecule has 0 atom stereocenters. The number of amides is 1. The fourth-order valence-corrected chi connectivity index (χ4v) is 4.07. The molecule has 4 aromatic rings. The van der Waals surface area contributed by atoms with Crippen LogP contribution in [0.1, 0.15) is 12.5 Å². The molecule has 4 rings (SSSR count). The van der Waals surface area contributed by atoms with Crippen LogP contribution in [-0.2, 0) is 4.79 Å². The summed E-state index contributed by atoms with van der Waals surface area (Å²) in [5, 5.41) is 23.1. The second kappa shape index (κ2) is 10.5. The Labute approximate surface area is 203 Å². The van der Waals surface area contributed by atoms with Crippen molar-refractivity contribution in [2.24, 2.45) is 5.10 Å². The molecular formula is C24H20BrN5O2S. The van der Waals surface area contributed by atoms with E-state index in [2.05, 4.69) is 36.7 Å². The molecule has 0 spiro atoms. The molecule has 7 nitrogen and oxygen atoms in total. The van der Waals surface area contributed by atoms with E-state index in [4.69, 9.17) is 0 Å². The van der Waals surface area contributed by atoms with Crippen LogP contribution in [0.3, 0.4) is 0 Å². The van der Waals surface area contributed by atoms with E-state index < -0.39 is 0 Å². The molecule has 3 aromatic carbocycles. The van der Waals surface area contributed by atoms with E-state index in [-0.39, 0.29) is 17.4 Å². The zero-order chi connectivity index (χ0) is 23.2. The number of aromatic hydroxyl groups is 1. The third-order valence-electron chi connectivity index (χ3n) is 4.69. The average molecular weight is 522 g/mol. The van der Waals surface area contributed by atoms with Gasteiger partial charge in [-0.25, -0.2) is 5.43 Å². The number of nitrogens with zero attached hydrogens (tertiary/aromatic N) is 4. The lowest BCUT2D eigenvalue weighted by Gasteiger charge is -2.10. The molecule has 0 aliphatic rings. The van der Waals surface area contributed by atoms with Crippen molar-refractivity contribution in [3.8, 4) is 22.8 Å². The summed E-state index contributed by atoms with van der Waals surface area (Å²) in [7, 11) is 0. The number of carbonyl (C=O) groups is 1. The van der Waals surface area contributed by atoms with E-state index in [1.807, 2.05) is 65.2 Å². The number of hydrazone groups is 1. The maximum Gasteiger partial charge on any atom is 0.250 e. The van der Waals surface area contributed by atoms with Crippen LogP contribution >= 0.6 is 27.7 Å². The van der Waals surface area contributed by atoms with Gasteiger partial charge in [-0.3, -0.25) is 9.36 Å². The van der Waals surface area contributed by atoms with Crippen molar-refractivity contribution < 1.29 is 9.90 Å². The summed E-state index contributed by atoms with van der Waals surface area (Å²) in [5.74, 6) is 0.676. The molecule has 1 amide bonds. The van der Waals surface area contributed by atoms with Crippen molar-refractivity contribution in [2.75, 3.05) is 5.75 Å². The maximum atomic E-state index is 12.4. The van der Waals surface area contributed by atoms with Gasteiger partial charge in [0.25, 0.3) is 5.91 Å². The second-order valence-electron chi connectivity index (χ2n) is 7.06. The molecule has 0 aliphatic heterocycles. The molecule has 1 heterocycles. The van der Waals surface area contributed by atoms with Crippen molar-refractivity contribution >= 4 is 39.3 Å². The van der Waals surface area contributed by atoms with Crippen LogP contribution in [0.2, 0.25) is 0 Å². The second-order valence-corrected chi connectivity index (χ2v) is 8.91. The van der Waals surface area contributed by atoms with E-state index in [1.54, 1.807) is 25.1 Å². The molecule has 0 fully saturated rings. The SMILES string of the molecule is CC(=NNC(=O)CSc1nnc(-c2ccccc2)n1-c1ccc(Br)cc1)c1cccc(O)c1. The first-order valence-electron chi connectivity index (χ1n) is 10.0. The van der Waals surface area contributed by atoms with Crippen LogP contribution in [0.5, 0.6) is 5.75 Å². The normalized spacial score (nSPS) is 11.4. The number of hydrogen-bond acceptors (Lipinski definition) is 6. The van der Waals surface area contributed by atoms with Crippen LogP contribution in [-0.4, -0.2) is 37.2 Å². The van der Waals surface area contributed by atoms with E-state index >= 15 is 0 Å². The summed E-state index contributed by atoms with van der Waals surface area (Å²) in [6, 6.07) is 24.3. The van der Waals surface area contributed by atoms with Gasteiger partial charge in [0.1, 0.15) is 5.75 Å². The minimum absolute atomic E-state index is 0.111. The van der Waals surface area contributed by atoms with Gasteiger partial charge in [0.05, 0.1) is 11.5 Å². The average Bonchev–Trinajstić information content (AvgIpc) is 3.26. The Morgan fingerprint density at radius 1 is 1.06 bits per heavy atom. The lowest BCUT2D eigenvalue weighted by atomic mass is 10.1. The molecule has 0 saturated carbocycles. The van der Waals surface area contributed by atoms with Crippen LogP contribution in [0.4, 0.5) is 0 Å². The molecule has 0 bridgehead atoms. The van der Waals surface area contributed by atoms with Crippen LogP contribution in [0.15, 0.2) is 93.6 Å². The van der Waals surface area contributed by atoms with Gasteiger partial charge >= 0.3 is 0 Å². The Hall–Kier alpha value is -3.43. The summed E-state index contributed by atoms with van der Waals surface area (Å²) in [6.45, 7) is 1.76. The summed E-state index contributed by atoms with van der Waals surface area (Å²) in [5.41, 5.74) is 5.70. The molecule has 0 unspecified atom stereocenters. The van der Waals surface area contributed by atoms with Crippen molar-refractivity contribution in [1.29, 1.82) is 0 Å². The predicted octanol–water partition coefficient (Wildman–Crippen LogP) is 5.03. The van der Waals surface area contributed by atoms with E-state index in [9.17, 15) is 9.90 Å². The molecular weight excluding hydrogens is 502 g/mol. The number of thioether (sulfide) groups is 1. The van der Waals surface area contributed by atoms with Crippen molar-refractivity contribution in [2.45, 2.75) is 12.1 Å². The Kier molecular flexibility index (Phi) is 7.21. The number of rotatable bonds is 7. The van der Waals surface area contributed by atoms with Gasteiger partial charge in [-0.1, -0.05) is 70.2 Å². The number of carbonyl (C=O) groups excluding carboxylic acids is 1. The topological polar surface area (TPSA) is 92.4 Å². The van der Waals surface area contributed by atoms with Crippen molar-refractivity contribution in [3.63, 3.8) is 0 Å². The fourth-order valence-electron chi connectivity index (χ4n) is 3.06. The maximum absolute atomic E-state index is 12.4. The third-order valence-corrected chi connectivity index (χ3v) is 6.15. The Morgan fingerprint density at radius 2 is 1.82 bits per heavy atom. The minimum Gasteiger partial charge on any atom is -0.508 e. The smallest absolute Gasteiger partial charge is 0.250 e. The van der Waals surface area contributed by atoms with Gasteiger partial charge in [0, 0.05) is 21.3 Å². The largest absolute Gasteiger partial charge is 0.508 e. The third kappa shape index (κ3) is 5.68. The van der Waals surface area contributed by atoms with Gasteiger partial charge in [0.15, 0.2) is 11.0 Å². The zero-order valence-corrected chi connectivity index (χ0v) is 20.0. The van der Waals surface area contributed by atoms with Gasteiger partial charge in [-0.05, 0) is 43.3 Å². The van der Waals surface area contributed by atoms with Gasteiger partial charge in [0.2, 0.25) is 0 Å². The number of phenolic OH excluding ortho intramolecular Hbond substituents is 1. The van der Waals surface area contributed by atoms with Crippen LogP contribution in [0, 0.1) is 0 Å². The van der Waals surface area contributed by atoms with Gasteiger partial charge < -0.3 is 5.11 Å². The highest BCUT2D eigenvalue weighted by Crippen LogP contribution is 2.28. The van der Waals surface area contributed by atoms with Crippen LogP contribution < -0.4 is 5.43 Å². The quantitative estimate of drug-likeness (QED) is 0.202. The number of nitrogens with one attached hydrogen (secondary N) is 1. The van der Waals surface area contributed by atoms with Gasteiger partial charge in [-0.2, -0.15) is 5.10 Å². The van der Waals surface area contributed by atoms with Crippen molar-refractivity contribution in [1.82, 2.24) is 20.2 Å². The number of phenols is 1.